The summed E-state index contributed by atoms with van der Waals surface area (Å²) < 4.78 is 17.2. The molecule has 0 bridgehead atoms. The van der Waals surface area contributed by atoms with Crippen molar-refractivity contribution in [2.24, 2.45) is 5.92 Å². The third-order valence-electron chi connectivity index (χ3n) is 5.35. The molecule has 0 atom stereocenters. The molecule has 0 unspecified atom stereocenters. The van der Waals surface area contributed by atoms with E-state index in [-0.39, 0.29) is 17.7 Å². The third kappa shape index (κ3) is 4.82. The normalized spacial score (nSPS) is 15.2. The molecule has 4 rings (SSSR count). The summed E-state index contributed by atoms with van der Waals surface area (Å²) in [4.78, 5) is 32.8. The predicted molar refractivity (Wildman–Crippen MR) is 122 cm³/mol. The highest BCUT2D eigenvalue weighted by molar-refractivity contribution is 7.15. The number of fused-ring (bicyclic) bond motifs is 1. The molecular weight excluding hydrogens is 430 g/mol. The van der Waals surface area contributed by atoms with E-state index in [0.717, 1.165) is 23.4 Å². The molecule has 1 N–H and O–H groups in total. The Morgan fingerprint density at radius 3 is 2.34 bits per heavy atom. The number of anilines is 1. The third-order valence-corrected chi connectivity index (χ3v) is 6.35. The van der Waals surface area contributed by atoms with Crippen LogP contribution in [0.5, 0.6) is 17.2 Å². The maximum atomic E-state index is 13.4. The minimum atomic E-state index is -0.0995. The van der Waals surface area contributed by atoms with Crippen LogP contribution in [0.2, 0.25) is 0 Å². The van der Waals surface area contributed by atoms with Crippen molar-refractivity contribution in [2.75, 3.05) is 31.7 Å². The molecule has 1 aromatic carbocycles. The number of rotatable bonds is 9. The van der Waals surface area contributed by atoms with E-state index in [0.29, 0.717) is 67.3 Å². The molecule has 0 saturated heterocycles. The van der Waals surface area contributed by atoms with Crippen LogP contribution < -0.4 is 19.5 Å². The summed E-state index contributed by atoms with van der Waals surface area (Å²) in [5, 5.41) is 3.54. The average Bonchev–Trinajstić information content (AvgIpc) is 3.56. The second-order valence-corrected chi connectivity index (χ2v) is 8.81. The Morgan fingerprint density at radius 1 is 1.09 bits per heavy atom. The van der Waals surface area contributed by atoms with Crippen molar-refractivity contribution in [3.8, 4) is 17.2 Å². The molecule has 9 heteroatoms. The first kappa shape index (κ1) is 22.4. The fourth-order valence-electron chi connectivity index (χ4n) is 3.67. The van der Waals surface area contributed by atoms with Gasteiger partial charge in [-0.25, -0.2) is 4.98 Å². The number of hydrogen-bond donors (Lipinski definition) is 1. The molecule has 2 aliphatic rings. The van der Waals surface area contributed by atoms with Crippen LogP contribution in [0.3, 0.4) is 0 Å². The van der Waals surface area contributed by atoms with Gasteiger partial charge in [0.2, 0.25) is 11.7 Å². The highest BCUT2D eigenvalue weighted by Crippen LogP contribution is 2.40. The molecule has 8 nitrogen and oxygen atoms in total. The quantitative estimate of drug-likeness (QED) is 0.612. The Bertz CT molecular complexity index is 975. The van der Waals surface area contributed by atoms with E-state index in [4.69, 9.17) is 14.2 Å². The predicted octanol–water partition coefficient (Wildman–Crippen LogP) is 3.89. The van der Waals surface area contributed by atoms with E-state index in [2.05, 4.69) is 10.3 Å². The van der Waals surface area contributed by atoms with Crippen molar-refractivity contribution in [3.63, 3.8) is 0 Å². The zero-order chi connectivity index (χ0) is 22.7. The Morgan fingerprint density at radius 2 is 1.75 bits per heavy atom. The number of carbonyl (C=O) groups is 2. The monoisotopic (exact) mass is 459 g/mol. The van der Waals surface area contributed by atoms with Crippen LogP contribution in [0.1, 0.15) is 54.5 Å². The molecule has 1 aliphatic carbocycles. The van der Waals surface area contributed by atoms with Crippen molar-refractivity contribution in [3.05, 3.63) is 28.3 Å². The van der Waals surface area contributed by atoms with Gasteiger partial charge in [0.05, 0.1) is 32.1 Å². The van der Waals surface area contributed by atoms with E-state index >= 15 is 0 Å². The summed E-state index contributed by atoms with van der Waals surface area (Å²) >= 11 is 1.45. The lowest BCUT2D eigenvalue weighted by Gasteiger charge is -2.27. The maximum absolute atomic E-state index is 13.4. The summed E-state index contributed by atoms with van der Waals surface area (Å²) in [6.07, 6.45) is 2.56. The summed E-state index contributed by atoms with van der Waals surface area (Å²) in [7, 11) is 0. The topological polar surface area (TPSA) is 90.0 Å². The molecule has 1 saturated carbocycles. The summed E-state index contributed by atoms with van der Waals surface area (Å²) in [6.45, 7) is 8.07. The van der Waals surface area contributed by atoms with Crippen molar-refractivity contribution in [1.29, 1.82) is 0 Å². The fraction of sp³-hybridized carbons (Fsp3) is 0.522. The maximum Gasteiger partial charge on any atom is 0.254 e. The van der Waals surface area contributed by atoms with Crippen LogP contribution in [0, 0.1) is 5.92 Å². The van der Waals surface area contributed by atoms with Crippen molar-refractivity contribution < 1.29 is 23.8 Å². The smallest absolute Gasteiger partial charge is 0.254 e. The number of ether oxygens (including phenoxy) is 3. The lowest BCUT2D eigenvalue weighted by molar-refractivity contribution is -0.117. The number of nitrogens with one attached hydrogen (secondary N) is 1. The van der Waals surface area contributed by atoms with Gasteiger partial charge in [0.1, 0.15) is 0 Å². The molecule has 0 spiro atoms. The number of carbonyl (C=O) groups excluding carboxylic acids is 2. The second kappa shape index (κ2) is 9.77. The van der Waals surface area contributed by atoms with E-state index in [1.807, 2.05) is 20.8 Å². The van der Waals surface area contributed by atoms with Gasteiger partial charge in [0, 0.05) is 29.3 Å². The lowest BCUT2D eigenvalue weighted by Crippen LogP contribution is -2.35. The van der Waals surface area contributed by atoms with Crippen LogP contribution in [0.4, 0.5) is 5.13 Å². The average molecular weight is 460 g/mol. The van der Waals surface area contributed by atoms with Crippen LogP contribution in [-0.2, 0) is 17.8 Å². The highest BCUT2D eigenvalue weighted by Gasteiger charge is 2.31. The molecule has 0 radical (unpaired) electrons. The van der Waals surface area contributed by atoms with Crippen molar-refractivity contribution >= 4 is 28.3 Å². The summed E-state index contributed by atoms with van der Waals surface area (Å²) in [6, 6.07) is 3.45. The molecule has 172 valence electrons. The van der Waals surface area contributed by atoms with Gasteiger partial charge in [0.15, 0.2) is 16.6 Å². The van der Waals surface area contributed by atoms with Gasteiger partial charge in [-0.3, -0.25) is 9.59 Å². The largest absolute Gasteiger partial charge is 0.490 e. The second-order valence-electron chi connectivity index (χ2n) is 7.73. The number of benzene rings is 1. The minimum absolute atomic E-state index is 0.0466. The zero-order valence-electron chi connectivity index (χ0n) is 18.7. The van der Waals surface area contributed by atoms with Gasteiger partial charge < -0.3 is 24.4 Å². The van der Waals surface area contributed by atoms with E-state index in [9.17, 15) is 9.59 Å². The lowest BCUT2D eigenvalue weighted by atomic mass is 10.1. The number of hydrogen-bond acceptors (Lipinski definition) is 7. The SMILES string of the molecule is CCOc1cc(C(=O)N2CCc3nc(NC(=O)C4CC4)sc3C2)cc(OCC)c1OCC. The van der Waals surface area contributed by atoms with Gasteiger partial charge >= 0.3 is 0 Å². The first-order chi connectivity index (χ1) is 15.5. The molecule has 1 aliphatic heterocycles. The van der Waals surface area contributed by atoms with Crippen LogP contribution in [-0.4, -0.2) is 48.1 Å². The van der Waals surface area contributed by atoms with Gasteiger partial charge in [-0.05, 0) is 45.7 Å². The van der Waals surface area contributed by atoms with Gasteiger partial charge in [-0.1, -0.05) is 11.3 Å². The number of aromatic nitrogens is 1. The standard InChI is InChI=1S/C23H29N3O5S/c1-4-29-17-11-15(12-18(30-5-2)20(17)31-6-3)22(28)26-10-9-16-19(13-26)32-23(24-16)25-21(27)14-7-8-14/h11-12,14H,4-10,13H2,1-3H3,(H,24,25,27). The fourth-order valence-corrected chi connectivity index (χ4v) is 4.70. The molecule has 2 heterocycles. The molecule has 32 heavy (non-hydrogen) atoms. The van der Waals surface area contributed by atoms with E-state index < -0.39 is 0 Å². The molecule has 2 amide bonds. The van der Waals surface area contributed by atoms with Gasteiger partial charge in [0.25, 0.3) is 5.91 Å². The molecule has 1 fully saturated rings. The van der Waals surface area contributed by atoms with Crippen molar-refractivity contribution in [2.45, 2.75) is 46.6 Å². The molecular formula is C23H29N3O5S. The Labute approximate surface area is 191 Å². The van der Waals surface area contributed by atoms with Crippen LogP contribution >= 0.6 is 11.3 Å². The van der Waals surface area contributed by atoms with Gasteiger partial charge in [-0.15, -0.1) is 0 Å². The Kier molecular flexibility index (Phi) is 6.83. The first-order valence-electron chi connectivity index (χ1n) is 11.2. The van der Waals surface area contributed by atoms with Crippen molar-refractivity contribution in [1.82, 2.24) is 9.88 Å². The number of nitrogens with zero attached hydrogens (tertiary/aromatic N) is 2. The molecule has 2 aromatic rings. The first-order valence-corrected chi connectivity index (χ1v) is 12.0. The minimum Gasteiger partial charge on any atom is -0.490 e. The Hall–Kier alpha value is -2.81. The number of thiazole rings is 1. The van der Waals surface area contributed by atoms with Crippen LogP contribution in [0.25, 0.3) is 0 Å². The Balaban J connectivity index is 1.54. The summed E-state index contributed by atoms with van der Waals surface area (Å²) in [5.74, 6) is 1.61. The van der Waals surface area contributed by atoms with Gasteiger partial charge in [-0.2, -0.15) is 0 Å². The van der Waals surface area contributed by atoms with Crippen LogP contribution in [0.15, 0.2) is 12.1 Å². The molecule has 1 aromatic heterocycles. The highest BCUT2D eigenvalue weighted by atomic mass is 32.1. The number of amides is 2. The van der Waals surface area contributed by atoms with E-state index in [1.54, 1.807) is 17.0 Å². The van der Waals surface area contributed by atoms with E-state index in [1.165, 1.54) is 11.3 Å². The summed E-state index contributed by atoms with van der Waals surface area (Å²) in [5.41, 5.74) is 1.46. The zero-order valence-corrected chi connectivity index (χ0v) is 19.5.